The molecular formula is C10H15NO4S. The second-order valence-corrected chi connectivity index (χ2v) is 4.56. The minimum absolute atomic E-state index is 0.398. The predicted molar refractivity (Wildman–Crippen MR) is 60.5 cm³/mol. The number of rotatable bonds is 5. The molecule has 1 heterocycles. The molecular weight excluding hydrogens is 230 g/mol. The van der Waals surface area contributed by atoms with Gasteiger partial charge in [0.05, 0.1) is 24.7 Å². The van der Waals surface area contributed by atoms with Crippen LogP contribution in [0.4, 0.5) is 0 Å². The highest BCUT2D eigenvalue weighted by Crippen LogP contribution is 2.16. The maximum absolute atomic E-state index is 11.8. The molecule has 1 aromatic heterocycles. The van der Waals surface area contributed by atoms with Crippen molar-refractivity contribution in [2.45, 2.75) is 12.5 Å². The van der Waals surface area contributed by atoms with Gasteiger partial charge in [-0.1, -0.05) is 0 Å². The SMILES string of the molecule is Cc1ccsc1C(=O)NC(CO)(CO)CO. The van der Waals surface area contributed by atoms with Crippen molar-refractivity contribution in [3.63, 3.8) is 0 Å². The number of amides is 1. The third-order valence-electron chi connectivity index (χ3n) is 2.36. The monoisotopic (exact) mass is 245 g/mol. The van der Waals surface area contributed by atoms with E-state index in [1.54, 1.807) is 18.4 Å². The predicted octanol–water partition coefficient (Wildman–Crippen LogP) is -0.498. The van der Waals surface area contributed by atoms with Gasteiger partial charge in [0.2, 0.25) is 0 Å². The van der Waals surface area contributed by atoms with E-state index in [9.17, 15) is 4.79 Å². The first-order chi connectivity index (χ1) is 7.58. The molecule has 0 spiro atoms. The van der Waals surface area contributed by atoms with E-state index in [-0.39, 0.29) is 0 Å². The molecule has 1 rings (SSSR count). The van der Waals surface area contributed by atoms with Crippen LogP contribution in [-0.2, 0) is 0 Å². The zero-order valence-corrected chi connectivity index (χ0v) is 9.75. The molecule has 16 heavy (non-hydrogen) atoms. The van der Waals surface area contributed by atoms with E-state index in [0.29, 0.717) is 4.88 Å². The van der Waals surface area contributed by atoms with Gasteiger partial charge in [-0.3, -0.25) is 4.79 Å². The Morgan fingerprint density at radius 1 is 1.38 bits per heavy atom. The summed E-state index contributed by atoms with van der Waals surface area (Å²) in [6.45, 7) is 0.242. The van der Waals surface area contributed by atoms with Crippen LogP contribution in [0.25, 0.3) is 0 Å². The average molecular weight is 245 g/mol. The molecule has 5 nitrogen and oxygen atoms in total. The highest BCUT2D eigenvalue weighted by Gasteiger charge is 2.30. The van der Waals surface area contributed by atoms with Gasteiger partial charge in [-0.25, -0.2) is 0 Å². The van der Waals surface area contributed by atoms with E-state index in [2.05, 4.69) is 5.32 Å². The lowest BCUT2D eigenvalue weighted by Crippen LogP contribution is -2.57. The number of hydrogen-bond acceptors (Lipinski definition) is 5. The van der Waals surface area contributed by atoms with Gasteiger partial charge in [0, 0.05) is 0 Å². The van der Waals surface area contributed by atoms with E-state index in [1.807, 2.05) is 0 Å². The zero-order valence-electron chi connectivity index (χ0n) is 8.93. The molecule has 0 aromatic carbocycles. The van der Waals surface area contributed by atoms with E-state index >= 15 is 0 Å². The van der Waals surface area contributed by atoms with Crippen molar-refractivity contribution in [1.29, 1.82) is 0 Å². The van der Waals surface area contributed by atoms with Crippen molar-refractivity contribution in [3.05, 3.63) is 21.9 Å². The van der Waals surface area contributed by atoms with E-state index in [1.165, 1.54) is 11.3 Å². The zero-order chi connectivity index (χ0) is 12.2. The summed E-state index contributed by atoms with van der Waals surface area (Å²) in [7, 11) is 0. The van der Waals surface area contributed by atoms with E-state index in [4.69, 9.17) is 15.3 Å². The van der Waals surface area contributed by atoms with Crippen LogP contribution in [-0.4, -0.2) is 46.6 Å². The number of nitrogens with one attached hydrogen (secondary N) is 1. The van der Waals surface area contributed by atoms with Gasteiger partial charge in [0.15, 0.2) is 0 Å². The van der Waals surface area contributed by atoms with Crippen LogP contribution in [0.3, 0.4) is 0 Å². The van der Waals surface area contributed by atoms with Crippen LogP contribution in [0, 0.1) is 6.92 Å². The fourth-order valence-corrected chi connectivity index (χ4v) is 1.99. The summed E-state index contributed by atoms with van der Waals surface area (Å²) in [6, 6.07) is 1.80. The molecule has 0 fully saturated rings. The first kappa shape index (κ1) is 13.1. The first-order valence-electron chi connectivity index (χ1n) is 4.78. The summed E-state index contributed by atoms with van der Waals surface area (Å²) in [5.41, 5.74) is -0.543. The molecule has 0 saturated carbocycles. The van der Waals surface area contributed by atoms with Crippen LogP contribution in [0.15, 0.2) is 11.4 Å². The topological polar surface area (TPSA) is 89.8 Å². The molecule has 4 N–H and O–H groups in total. The lowest BCUT2D eigenvalue weighted by Gasteiger charge is -2.28. The largest absolute Gasteiger partial charge is 0.394 e. The van der Waals surface area contributed by atoms with Crippen molar-refractivity contribution >= 4 is 17.2 Å². The third-order valence-corrected chi connectivity index (χ3v) is 3.37. The number of aliphatic hydroxyl groups excluding tert-OH is 3. The molecule has 1 amide bonds. The maximum atomic E-state index is 11.8. The molecule has 6 heteroatoms. The minimum Gasteiger partial charge on any atom is -0.394 e. The number of aliphatic hydroxyl groups is 3. The second kappa shape index (κ2) is 5.40. The lowest BCUT2D eigenvalue weighted by molar-refractivity contribution is 0.0377. The summed E-state index contributed by atoms with van der Waals surface area (Å²) in [6.07, 6.45) is 0. The molecule has 0 aliphatic carbocycles. The Bertz CT molecular complexity index is 351. The van der Waals surface area contributed by atoms with Crippen molar-refractivity contribution in [2.75, 3.05) is 19.8 Å². The Hall–Kier alpha value is -0.950. The highest BCUT2D eigenvalue weighted by molar-refractivity contribution is 7.12. The van der Waals surface area contributed by atoms with Gasteiger partial charge in [-0.2, -0.15) is 0 Å². The molecule has 0 aliphatic heterocycles. The highest BCUT2D eigenvalue weighted by atomic mass is 32.1. The van der Waals surface area contributed by atoms with Crippen molar-refractivity contribution in [3.8, 4) is 0 Å². The van der Waals surface area contributed by atoms with Gasteiger partial charge >= 0.3 is 0 Å². The molecule has 0 saturated heterocycles. The van der Waals surface area contributed by atoms with Gasteiger partial charge in [0.25, 0.3) is 5.91 Å². The van der Waals surface area contributed by atoms with Gasteiger partial charge in [0.1, 0.15) is 5.54 Å². The Labute approximate surface area is 97.4 Å². The van der Waals surface area contributed by atoms with E-state index in [0.717, 1.165) is 5.56 Å². The number of hydrogen-bond donors (Lipinski definition) is 4. The molecule has 90 valence electrons. The van der Waals surface area contributed by atoms with Gasteiger partial charge < -0.3 is 20.6 Å². The molecule has 0 radical (unpaired) electrons. The Kier molecular flexibility index (Phi) is 4.43. The van der Waals surface area contributed by atoms with Crippen LogP contribution in [0.5, 0.6) is 0 Å². The minimum atomic E-state index is -1.37. The molecule has 0 unspecified atom stereocenters. The van der Waals surface area contributed by atoms with Crippen molar-refractivity contribution in [1.82, 2.24) is 5.32 Å². The standard InChI is InChI=1S/C10H15NO4S/c1-7-2-3-16-8(7)9(15)11-10(4-12,5-13)6-14/h2-3,12-14H,4-6H2,1H3,(H,11,15). The normalized spacial score (nSPS) is 11.5. The summed E-state index contributed by atoms with van der Waals surface area (Å²) in [4.78, 5) is 12.3. The maximum Gasteiger partial charge on any atom is 0.262 e. The summed E-state index contributed by atoms with van der Waals surface area (Å²) >= 11 is 1.27. The number of thiophene rings is 1. The molecule has 0 atom stereocenters. The molecule has 0 aliphatic rings. The summed E-state index contributed by atoms with van der Waals surface area (Å²) < 4.78 is 0. The molecule has 1 aromatic rings. The van der Waals surface area contributed by atoms with Gasteiger partial charge in [-0.15, -0.1) is 11.3 Å². The van der Waals surface area contributed by atoms with Crippen LogP contribution in [0.1, 0.15) is 15.2 Å². The van der Waals surface area contributed by atoms with Gasteiger partial charge in [-0.05, 0) is 23.9 Å². The second-order valence-electron chi connectivity index (χ2n) is 3.64. The first-order valence-corrected chi connectivity index (χ1v) is 5.65. The lowest BCUT2D eigenvalue weighted by atomic mass is 10.0. The Morgan fingerprint density at radius 2 is 1.94 bits per heavy atom. The smallest absolute Gasteiger partial charge is 0.262 e. The van der Waals surface area contributed by atoms with Crippen LogP contribution in [0.2, 0.25) is 0 Å². The fraction of sp³-hybridized carbons (Fsp3) is 0.500. The number of carbonyl (C=O) groups excluding carboxylic acids is 1. The summed E-state index contributed by atoms with van der Waals surface area (Å²) in [5, 5.41) is 31.4. The molecule has 0 bridgehead atoms. The quantitative estimate of drug-likeness (QED) is 0.563. The number of carbonyl (C=O) groups is 1. The number of aryl methyl sites for hydroxylation is 1. The van der Waals surface area contributed by atoms with Crippen molar-refractivity contribution in [2.24, 2.45) is 0 Å². The van der Waals surface area contributed by atoms with Crippen LogP contribution < -0.4 is 5.32 Å². The Morgan fingerprint density at radius 3 is 2.31 bits per heavy atom. The van der Waals surface area contributed by atoms with Crippen molar-refractivity contribution < 1.29 is 20.1 Å². The Balaban J connectivity index is 2.81. The average Bonchev–Trinajstić information content (AvgIpc) is 2.72. The van der Waals surface area contributed by atoms with Crippen LogP contribution >= 0.6 is 11.3 Å². The third kappa shape index (κ3) is 2.59. The van der Waals surface area contributed by atoms with E-state index < -0.39 is 31.3 Å². The summed E-state index contributed by atoms with van der Waals surface area (Å²) in [5.74, 6) is -0.398. The fourth-order valence-electron chi connectivity index (χ4n) is 1.17.